The second-order valence-electron chi connectivity index (χ2n) is 9.01. The van der Waals surface area contributed by atoms with Crippen molar-refractivity contribution < 1.29 is 18.7 Å². The molecule has 0 saturated carbocycles. The van der Waals surface area contributed by atoms with Gasteiger partial charge in [0.25, 0.3) is 0 Å². The molecule has 4 rings (SSSR count). The van der Waals surface area contributed by atoms with Crippen molar-refractivity contribution in [2.75, 3.05) is 0 Å². The van der Waals surface area contributed by atoms with Gasteiger partial charge < -0.3 is 0 Å². The van der Waals surface area contributed by atoms with Crippen molar-refractivity contribution in [2.45, 2.75) is 24.6 Å². The first-order valence-electron chi connectivity index (χ1n) is 11.3. The van der Waals surface area contributed by atoms with E-state index in [0.717, 1.165) is 22.3 Å². The molecule has 2 N–H and O–H groups in total. The average Bonchev–Trinajstić information content (AvgIpc) is 2.80. The summed E-state index contributed by atoms with van der Waals surface area (Å²) in [5.74, 6) is 0. The molecule has 0 amide bonds. The van der Waals surface area contributed by atoms with Crippen LogP contribution in [0.5, 0.6) is 0 Å². The van der Waals surface area contributed by atoms with E-state index in [2.05, 4.69) is 0 Å². The van der Waals surface area contributed by atoms with Crippen LogP contribution in [0.25, 0.3) is 0 Å². The van der Waals surface area contributed by atoms with Crippen LogP contribution in [0.15, 0.2) is 121 Å². The number of phosphoric acid groups is 1. The summed E-state index contributed by atoms with van der Waals surface area (Å²) in [5, 5.41) is 0. The monoisotopic (exact) mass is 492 g/mol. The Morgan fingerprint density at radius 3 is 0.941 bits per heavy atom. The van der Waals surface area contributed by atoms with E-state index in [9.17, 15) is 14.4 Å². The normalized spacial score (nSPS) is 13.2. The van der Waals surface area contributed by atoms with Crippen LogP contribution in [0, 0.1) is 0 Å². The maximum atomic E-state index is 12.7. The summed E-state index contributed by atoms with van der Waals surface area (Å²) in [4.78, 5) is 20.7. The van der Waals surface area contributed by atoms with E-state index >= 15 is 0 Å². The molecule has 0 radical (unpaired) electrons. The summed E-state index contributed by atoms with van der Waals surface area (Å²) >= 11 is 0. The van der Waals surface area contributed by atoms with Crippen LogP contribution in [-0.4, -0.2) is 9.79 Å². The second kappa shape index (κ2) is 10.4. The fraction of sp³-hybridized carbons (Fsp3) is 0.143. The zero-order chi connectivity index (χ0) is 23.9. The Balaban J connectivity index is 1.98. The van der Waals surface area contributed by atoms with Crippen LogP contribution >= 0.6 is 14.7 Å². The van der Waals surface area contributed by atoms with Gasteiger partial charge in [-0.1, -0.05) is 0 Å². The summed E-state index contributed by atoms with van der Waals surface area (Å²) < 4.78 is 18.9. The van der Waals surface area contributed by atoms with Crippen LogP contribution in [0.4, 0.5) is 0 Å². The van der Waals surface area contributed by atoms with E-state index in [4.69, 9.17) is 4.31 Å². The SMILES string of the molecule is O=P(O)(O)OP(Cc1ccccc1)(Cc1ccccc1)(Cc1ccccc1)Cc1ccccc1. The second-order valence-corrected chi connectivity index (χ2v) is 15.6. The van der Waals surface area contributed by atoms with Crippen LogP contribution in [-0.2, 0) is 33.5 Å². The molecule has 0 spiro atoms. The quantitative estimate of drug-likeness (QED) is 0.227. The number of rotatable bonds is 10. The van der Waals surface area contributed by atoms with Crippen molar-refractivity contribution in [3.05, 3.63) is 144 Å². The molecule has 34 heavy (non-hydrogen) atoms. The Morgan fingerprint density at radius 1 is 0.500 bits per heavy atom. The molecule has 6 heteroatoms. The van der Waals surface area contributed by atoms with Crippen LogP contribution < -0.4 is 0 Å². The topological polar surface area (TPSA) is 66.8 Å². The Morgan fingerprint density at radius 2 is 0.735 bits per heavy atom. The maximum absolute atomic E-state index is 12.7. The summed E-state index contributed by atoms with van der Waals surface area (Å²) in [6.07, 6.45) is 1.82. The summed E-state index contributed by atoms with van der Waals surface area (Å²) in [6.45, 7) is -3.73. The van der Waals surface area contributed by atoms with Crippen LogP contribution in [0.1, 0.15) is 22.3 Å². The molecule has 0 atom stereocenters. The van der Waals surface area contributed by atoms with E-state index < -0.39 is 14.7 Å². The molecular formula is C28H30O4P2. The van der Waals surface area contributed by atoms with E-state index in [1.165, 1.54) is 0 Å². The molecule has 4 aromatic rings. The predicted octanol–water partition coefficient (Wildman–Crippen LogP) is 7.36. The number of benzene rings is 4. The Bertz CT molecular complexity index is 1050. The van der Waals surface area contributed by atoms with E-state index in [0.29, 0.717) is 24.6 Å². The van der Waals surface area contributed by atoms with Crippen molar-refractivity contribution in [1.29, 1.82) is 0 Å². The van der Waals surface area contributed by atoms with Gasteiger partial charge in [0.15, 0.2) is 0 Å². The molecule has 176 valence electrons. The number of hydrogen-bond acceptors (Lipinski definition) is 2. The van der Waals surface area contributed by atoms with Crippen molar-refractivity contribution in [3.8, 4) is 0 Å². The Hall–Kier alpha value is -2.58. The van der Waals surface area contributed by atoms with Gasteiger partial charge in [-0.2, -0.15) is 0 Å². The molecule has 0 unspecified atom stereocenters. The number of hydrogen-bond donors (Lipinski definition) is 2. The first-order chi connectivity index (χ1) is 16.3. The van der Waals surface area contributed by atoms with E-state index in [-0.39, 0.29) is 0 Å². The zero-order valence-electron chi connectivity index (χ0n) is 19.0. The Kier molecular flexibility index (Phi) is 7.48. The molecular weight excluding hydrogens is 462 g/mol. The molecule has 0 aromatic heterocycles. The standard InChI is InChI=1S/C28H30O4P2/c29-33(30,31)32-34(21-25-13-5-1-6-14-25,22-26-15-7-2-8-16-26,23-27-17-9-3-10-18-27)24-28-19-11-4-12-20-28/h1-20H,21-24H2,(H2,29,30,31). The van der Waals surface area contributed by atoms with E-state index in [1.54, 1.807) is 0 Å². The van der Waals surface area contributed by atoms with Crippen molar-refractivity contribution in [3.63, 3.8) is 0 Å². The van der Waals surface area contributed by atoms with Crippen molar-refractivity contribution in [2.24, 2.45) is 0 Å². The fourth-order valence-corrected chi connectivity index (χ4v) is 13.5. The first-order valence-corrected chi connectivity index (χ1v) is 15.7. The predicted molar refractivity (Wildman–Crippen MR) is 141 cm³/mol. The van der Waals surface area contributed by atoms with Gasteiger partial charge in [0.2, 0.25) is 0 Å². The van der Waals surface area contributed by atoms with Gasteiger partial charge >= 0.3 is 202 Å². The van der Waals surface area contributed by atoms with Gasteiger partial charge in [0, 0.05) is 0 Å². The zero-order valence-corrected chi connectivity index (χ0v) is 20.8. The minimum atomic E-state index is -4.84. The summed E-state index contributed by atoms with van der Waals surface area (Å²) in [5.41, 5.74) is 4.04. The van der Waals surface area contributed by atoms with Gasteiger partial charge in [-0.3, -0.25) is 0 Å². The molecule has 0 fully saturated rings. The molecule has 0 aliphatic carbocycles. The Labute approximate surface area is 201 Å². The third kappa shape index (κ3) is 6.51. The van der Waals surface area contributed by atoms with Gasteiger partial charge in [-0.25, -0.2) is 0 Å². The van der Waals surface area contributed by atoms with Crippen molar-refractivity contribution >= 4 is 14.7 Å². The van der Waals surface area contributed by atoms with Crippen LogP contribution in [0.2, 0.25) is 0 Å². The van der Waals surface area contributed by atoms with Crippen molar-refractivity contribution in [1.82, 2.24) is 0 Å². The van der Waals surface area contributed by atoms with Gasteiger partial charge in [0.1, 0.15) is 0 Å². The minimum absolute atomic E-state index is 0.455. The average molecular weight is 492 g/mol. The molecule has 0 saturated heterocycles. The molecule has 0 heterocycles. The van der Waals surface area contributed by atoms with Crippen LogP contribution in [0.3, 0.4) is 0 Å². The molecule has 4 nitrogen and oxygen atoms in total. The third-order valence-corrected chi connectivity index (χ3v) is 13.4. The molecule has 4 aromatic carbocycles. The fourth-order valence-electron chi connectivity index (χ4n) is 4.93. The molecule has 0 bridgehead atoms. The summed E-state index contributed by atoms with van der Waals surface area (Å²) in [6, 6.07) is 39.7. The van der Waals surface area contributed by atoms with Gasteiger partial charge in [0.05, 0.1) is 0 Å². The third-order valence-electron chi connectivity index (χ3n) is 6.04. The van der Waals surface area contributed by atoms with Gasteiger partial charge in [-0.15, -0.1) is 0 Å². The first kappa shape index (κ1) is 24.5. The molecule has 0 aliphatic rings. The summed E-state index contributed by atoms with van der Waals surface area (Å²) in [7, 11) is -4.84. The van der Waals surface area contributed by atoms with Gasteiger partial charge in [-0.05, 0) is 0 Å². The molecule has 0 aliphatic heterocycles. The van der Waals surface area contributed by atoms with E-state index in [1.807, 2.05) is 121 Å².